The van der Waals surface area contributed by atoms with E-state index in [4.69, 9.17) is 4.74 Å². The van der Waals surface area contributed by atoms with Gasteiger partial charge in [0, 0.05) is 0 Å². The number of nitrogens with one attached hydrogen (secondary N) is 2. The highest BCUT2D eigenvalue weighted by molar-refractivity contribution is 4.78. The summed E-state index contributed by atoms with van der Waals surface area (Å²) in [5.41, 5.74) is 0. The molecule has 0 aliphatic rings. The normalized spacial score (nSPS) is 8.71. The molecule has 0 saturated heterocycles. The van der Waals surface area contributed by atoms with Crippen molar-refractivity contribution in [1.29, 1.82) is 0 Å². The lowest BCUT2D eigenvalue weighted by Crippen LogP contribution is -2.00. The molecule has 0 amide bonds. The van der Waals surface area contributed by atoms with Crippen molar-refractivity contribution in [2.45, 2.75) is 0 Å². The van der Waals surface area contributed by atoms with E-state index < -0.39 is 0 Å². The van der Waals surface area contributed by atoms with Crippen molar-refractivity contribution in [3.8, 4) is 6.01 Å². The van der Waals surface area contributed by atoms with Crippen LogP contribution in [0.25, 0.3) is 0 Å². The number of methoxy groups -OCH3 is 1. The molecular formula is C4H7N2O+. The summed E-state index contributed by atoms with van der Waals surface area (Å²) in [7, 11) is 1.60. The molecule has 0 aliphatic carbocycles. The van der Waals surface area contributed by atoms with Crippen molar-refractivity contribution in [2.75, 3.05) is 7.11 Å². The van der Waals surface area contributed by atoms with Crippen LogP contribution in [0.15, 0.2) is 12.4 Å². The van der Waals surface area contributed by atoms with Gasteiger partial charge in [0.1, 0.15) is 12.4 Å². The van der Waals surface area contributed by atoms with Crippen molar-refractivity contribution < 1.29 is 9.72 Å². The summed E-state index contributed by atoms with van der Waals surface area (Å²) in [5, 5.41) is 0. The Hall–Kier alpha value is -0.990. The minimum Gasteiger partial charge on any atom is -0.434 e. The molecule has 3 heteroatoms. The first-order valence-electron chi connectivity index (χ1n) is 2.02. The smallest absolute Gasteiger partial charge is 0.434 e. The molecule has 3 nitrogen and oxygen atoms in total. The summed E-state index contributed by atoms with van der Waals surface area (Å²) < 4.78 is 4.74. The van der Waals surface area contributed by atoms with Crippen LogP contribution >= 0.6 is 0 Å². The summed E-state index contributed by atoms with van der Waals surface area (Å²) in [6.45, 7) is 0. The maximum absolute atomic E-state index is 4.74. The molecule has 2 N–H and O–H groups in total. The van der Waals surface area contributed by atoms with Gasteiger partial charge in [-0.05, 0) is 0 Å². The fourth-order valence-electron chi connectivity index (χ4n) is 0.394. The molecule has 0 spiro atoms. The number of aromatic amines is 2. The van der Waals surface area contributed by atoms with Crippen LogP contribution < -0.4 is 9.72 Å². The summed E-state index contributed by atoms with van der Waals surface area (Å²) in [6, 6.07) is 0.681. The average Bonchev–Trinajstić information content (AvgIpc) is 2.14. The molecule has 7 heavy (non-hydrogen) atoms. The number of imidazole rings is 1. The summed E-state index contributed by atoms with van der Waals surface area (Å²) in [4.78, 5) is 5.62. The molecule has 0 unspecified atom stereocenters. The topological polar surface area (TPSA) is 39.2 Å². The Morgan fingerprint density at radius 1 is 1.86 bits per heavy atom. The predicted octanol–water partition coefficient (Wildman–Crippen LogP) is -0.163. The van der Waals surface area contributed by atoms with Gasteiger partial charge in [-0.15, -0.1) is 0 Å². The molecule has 0 atom stereocenters. The maximum atomic E-state index is 4.74. The van der Waals surface area contributed by atoms with Gasteiger partial charge in [0.05, 0.1) is 7.11 Å². The van der Waals surface area contributed by atoms with E-state index in [1.54, 1.807) is 19.5 Å². The molecular weight excluding hydrogens is 92.1 g/mol. The Morgan fingerprint density at radius 2 is 2.71 bits per heavy atom. The zero-order chi connectivity index (χ0) is 5.11. The highest BCUT2D eigenvalue weighted by Crippen LogP contribution is 1.86. The van der Waals surface area contributed by atoms with E-state index >= 15 is 0 Å². The monoisotopic (exact) mass is 99.1 g/mol. The summed E-state index contributed by atoms with van der Waals surface area (Å²) >= 11 is 0. The number of ether oxygens (including phenoxy) is 1. The first kappa shape index (κ1) is 4.18. The number of H-pyrrole nitrogens is 2. The van der Waals surface area contributed by atoms with Crippen LogP contribution in [0.1, 0.15) is 0 Å². The summed E-state index contributed by atoms with van der Waals surface area (Å²) in [6.07, 6.45) is 3.53. The third kappa shape index (κ3) is 0.707. The molecule has 0 saturated carbocycles. The molecule has 38 valence electrons. The van der Waals surface area contributed by atoms with Crippen LogP contribution in [0.5, 0.6) is 6.01 Å². The van der Waals surface area contributed by atoms with Gasteiger partial charge in [0.2, 0.25) is 0 Å². The number of hydrogen-bond acceptors (Lipinski definition) is 1. The van der Waals surface area contributed by atoms with E-state index in [-0.39, 0.29) is 0 Å². The van der Waals surface area contributed by atoms with Gasteiger partial charge in [-0.25, -0.2) is 9.97 Å². The van der Waals surface area contributed by atoms with Gasteiger partial charge in [0.25, 0.3) is 0 Å². The van der Waals surface area contributed by atoms with Crippen LogP contribution in [-0.4, -0.2) is 12.1 Å². The molecule has 0 fully saturated rings. The summed E-state index contributed by atoms with van der Waals surface area (Å²) in [5.74, 6) is 0. The zero-order valence-corrected chi connectivity index (χ0v) is 4.06. The maximum Gasteiger partial charge on any atom is 0.451 e. The van der Waals surface area contributed by atoms with Crippen molar-refractivity contribution in [1.82, 2.24) is 4.98 Å². The molecule has 0 aliphatic heterocycles. The second-order valence-electron chi connectivity index (χ2n) is 1.16. The fourth-order valence-corrected chi connectivity index (χ4v) is 0.394. The minimum atomic E-state index is 0.681. The highest BCUT2D eigenvalue weighted by atomic mass is 16.5. The molecule has 1 rings (SSSR count). The van der Waals surface area contributed by atoms with E-state index in [1.807, 2.05) is 0 Å². The molecule has 1 aromatic heterocycles. The van der Waals surface area contributed by atoms with Gasteiger partial charge in [-0.1, -0.05) is 0 Å². The first-order chi connectivity index (χ1) is 3.43. The van der Waals surface area contributed by atoms with Crippen molar-refractivity contribution in [3.63, 3.8) is 0 Å². The van der Waals surface area contributed by atoms with Crippen LogP contribution in [0.2, 0.25) is 0 Å². The zero-order valence-electron chi connectivity index (χ0n) is 4.06. The highest BCUT2D eigenvalue weighted by Gasteiger charge is 1.93. The van der Waals surface area contributed by atoms with Crippen LogP contribution in [0.3, 0.4) is 0 Å². The molecule has 0 radical (unpaired) electrons. The van der Waals surface area contributed by atoms with E-state index in [0.717, 1.165) is 0 Å². The predicted molar refractivity (Wildman–Crippen MR) is 23.9 cm³/mol. The largest absolute Gasteiger partial charge is 0.451 e. The molecule has 0 aromatic carbocycles. The van der Waals surface area contributed by atoms with Gasteiger partial charge in [-0.3, -0.25) is 0 Å². The lowest BCUT2D eigenvalue weighted by Gasteiger charge is -1.78. The van der Waals surface area contributed by atoms with Gasteiger partial charge in [0.15, 0.2) is 0 Å². The Kier molecular flexibility index (Phi) is 0.978. The minimum absolute atomic E-state index is 0.681. The SMILES string of the molecule is COc1[nH]cc[nH+]1. The van der Waals surface area contributed by atoms with E-state index in [9.17, 15) is 0 Å². The van der Waals surface area contributed by atoms with Gasteiger partial charge >= 0.3 is 6.01 Å². The molecule has 0 bridgehead atoms. The molecule has 1 heterocycles. The van der Waals surface area contributed by atoms with Crippen molar-refractivity contribution >= 4 is 0 Å². The third-order valence-corrected chi connectivity index (χ3v) is 0.716. The first-order valence-corrected chi connectivity index (χ1v) is 2.02. The van der Waals surface area contributed by atoms with E-state index in [1.165, 1.54) is 0 Å². The van der Waals surface area contributed by atoms with Crippen LogP contribution in [0.4, 0.5) is 0 Å². The van der Waals surface area contributed by atoms with Gasteiger partial charge in [-0.2, -0.15) is 0 Å². The Morgan fingerprint density at radius 3 is 3.00 bits per heavy atom. The molecule has 1 aromatic rings. The van der Waals surface area contributed by atoms with Crippen molar-refractivity contribution in [2.24, 2.45) is 0 Å². The van der Waals surface area contributed by atoms with E-state index in [2.05, 4.69) is 9.97 Å². The van der Waals surface area contributed by atoms with Gasteiger partial charge < -0.3 is 4.74 Å². The third-order valence-electron chi connectivity index (χ3n) is 0.716. The number of aromatic nitrogens is 2. The average molecular weight is 99.1 g/mol. The number of hydrogen-bond donors (Lipinski definition) is 1. The second kappa shape index (κ2) is 1.64. The Labute approximate surface area is 41.3 Å². The van der Waals surface area contributed by atoms with Crippen LogP contribution in [0, 0.1) is 0 Å². The Bertz CT molecular complexity index is 124. The lowest BCUT2D eigenvalue weighted by atomic mass is 11.0. The lowest BCUT2D eigenvalue weighted by molar-refractivity contribution is -0.391. The van der Waals surface area contributed by atoms with E-state index in [0.29, 0.717) is 6.01 Å². The second-order valence-corrected chi connectivity index (χ2v) is 1.16. The Balaban J connectivity index is 2.76. The van der Waals surface area contributed by atoms with Crippen LogP contribution in [-0.2, 0) is 0 Å². The fraction of sp³-hybridized carbons (Fsp3) is 0.250. The van der Waals surface area contributed by atoms with Crippen molar-refractivity contribution in [3.05, 3.63) is 12.4 Å². The standard InChI is InChI=1S/C4H6N2O/c1-7-4-5-2-3-6-4/h2-3H,1H3,(H,5,6)/p+1. The number of rotatable bonds is 1. The quantitative estimate of drug-likeness (QED) is 0.522.